The first-order valence-electron chi connectivity index (χ1n) is 9.80. The molecule has 148 valence electrons. The zero-order chi connectivity index (χ0) is 20.7. The predicted molar refractivity (Wildman–Crippen MR) is 115 cm³/mol. The average molecular weight is 379 g/mol. The molecule has 0 atom stereocenters. The van der Waals surface area contributed by atoms with Crippen molar-refractivity contribution in [3.05, 3.63) is 64.2 Å². The van der Waals surface area contributed by atoms with Crippen LogP contribution in [0.2, 0.25) is 0 Å². The van der Waals surface area contributed by atoms with Crippen LogP contribution in [0.25, 0.3) is 11.6 Å². The Balaban J connectivity index is 2.09. The van der Waals surface area contributed by atoms with E-state index >= 15 is 0 Å². The zero-order valence-corrected chi connectivity index (χ0v) is 17.7. The molecule has 0 fully saturated rings. The molecule has 3 rings (SSSR count). The third-order valence-electron chi connectivity index (χ3n) is 6.14. The number of ether oxygens (including phenoxy) is 1. The molecule has 0 aromatic heterocycles. The topological polar surface area (TPSA) is 46.5 Å². The highest BCUT2D eigenvalue weighted by molar-refractivity contribution is 5.89. The van der Waals surface area contributed by atoms with E-state index in [9.17, 15) is 4.79 Å². The molecule has 2 aromatic rings. The fourth-order valence-corrected chi connectivity index (χ4v) is 4.12. The maximum Gasteiger partial charge on any atom is 0.335 e. The van der Waals surface area contributed by atoms with E-state index in [0.29, 0.717) is 5.56 Å². The molecular weight excluding hydrogens is 348 g/mol. The van der Waals surface area contributed by atoms with Gasteiger partial charge in [0.05, 0.1) is 12.7 Å². The molecule has 3 heteroatoms. The molecule has 1 aliphatic rings. The number of hydrogen-bond acceptors (Lipinski definition) is 2. The minimum Gasteiger partial charge on any atom is -0.496 e. The van der Waals surface area contributed by atoms with Gasteiger partial charge in [-0.3, -0.25) is 0 Å². The standard InChI is InChI=1S/C25H30O3/c1-16(13-17-7-9-18(10-8-17)23(26)27)19-14-20-21(15-22(19)28-6)25(4,5)12-11-24(20,2)3/h7-10,13-15H,11-12H2,1-6H3,(H,26,27)/b16-13+. The molecule has 2 aromatic carbocycles. The Labute approximate surface area is 168 Å². The summed E-state index contributed by atoms with van der Waals surface area (Å²) in [6, 6.07) is 11.5. The van der Waals surface area contributed by atoms with Crippen LogP contribution < -0.4 is 4.74 Å². The Bertz CT molecular complexity index is 931. The Morgan fingerprint density at radius 1 is 1.00 bits per heavy atom. The number of carboxylic acid groups (broad SMARTS) is 1. The van der Waals surface area contributed by atoms with Gasteiger partial charge in [0.2, 0.25) is 0 Å². The smallest absolute Gasteiger partial charge is 0.335 e. The molecule has 0 aliphatic heterocycles. The van der Waals surface area contributed by atoms with Gasteiger partial charge in [-0.15, -0.1) is 0 Å². The van der Waals surface area contributed by atoms with Crippen molar-refractivity contribution in [2.24, 2.45) is 0 Å². The van der Waals surface area contributed by atoms with Crippen molar-refractivity contribution in [1.82, 2.24) is 0 Å². The number of benzene rings is 2. The molecule has 0 amide bonds. The first-order chi connectivity index (χ1) is 13.0. The summed E-state index contributed by atoms with van der Waals surface area (Å²) in [5, 5.41) is 9.08. The van der Waals surface area contributed by atoms with E-state index in [4.69, 9.17) is 9.84 Å². The lowest BCUT2D eigenvalue weighted by Gasteiger charge is -2.42. The summed E-state index contributed by atoms with van der Waals surface area (Å²) in [5.74, 6) is -0.0196. The second kappa shape index (κ2) is 7.12. The molecule has 0 saturated carbocycles. The van der Waals surface area contributed by atoms with Crippen molar-refractivity contribution >= 4 is 17.6 Å². The molecule has 0 radical (unpaired) electrons. The third kappa shape index (κ3) is 3.71. The first kappa shape index (κ1) is 20.2. The Morgan fingerprint density at radius 3 is 2.04 bits per heavy atom. The number of allylic oxidation sites excluding steroid dienone is 1. The molecule has 0 heterocycles. The lowest BCUT2D eigenvalue weighted by atomic mass is 9.62. The van der Waals surface area contributed by atoms with Crippen LogP contribution in [-0.4, -0.2) is 18.2 Å². The van der Waals surface area contributed by atoms with E-state index in [2.05, 4.69) is 52.8 Å². The van der Waals surface area contributed by atoms with Gasteiger partial charge in [0.15, 0.2) is 0 Å². The van der Waals surface area contributed by atoms with E-state index < -0.39 is 5.97 Å². The first-order valence-corrected chi connectivity index (χ1v) is 9.80. The number of aromatic carboxylic acids is 1. The number of carbonyl (C=O) groups is 1. The molecule has 0 spiro atoms. The maximum atomic E-state index is 11.1. The van der Waals surface area contributed by atoms with Crippen LogP contribution in [0.3, 0.4) is 0 Å². The van der Waals surface area contributed by atoms with Crippen molar-refractivity contribution in [1.29, 1.82) is 0 Å². The Hall–Kier alpha value is -2.55. The average Bonchev–Trinajstić information content (AvgIpc) is 2.65. The highest BCUT2D eigenvalue weighted by atomic mass is 16.5. The van der Waals surface area contributed by atoms with Crippen molar-refractivity contribution in [3.8, 4) is 5.75 Å². The van der Waals surface area contributed by atoms with Crippen LogP contribution in [0.15, 0.2) is 36.4 Å². The highest BCUT2D eigenvalue weighted by Gasteiger charge is 2.37. The number of methoxy groups -OCH3 is 1. The SMILES string of the molecule is COc1cc2c(cc1/C(C)=C/c1ccc(C(=O)O)cc1)C(C)(C)CCC2(C)C. The van der Waals surface area contributed by atoms with E-state index in [1.807, 2.05) is 12.1 Å². The molecule has 0 bridgehead atoms. The summed E-state index contributed by atoms with van der Waals surface area (Å²) in [7, 11) is 1.72. The fourth-order valence-electron chi connectivity index (χ4n) is 4.12. The van der Waals surface area contributed by atoms with Gasteiger partial charge in [0, 0.05) is 5.56 Å². The van der Waals surface area contributed by atoms with Crippen LogP contribution >= 0.6 is 0 Å². The van der Waals surface area contributed by atoms with Crippen LogP contribution in [-0.2, 0) is 10.8 Å². The van der Waals surface area contributed by atoms with Crippen LogP contribution in [0.4, 0.5) is 0 Å². The van der Waals surface area contributed by atoms with Gasteiger partial charge in [0.25, 0.3) is 0 Å². The van der Waals surface area contributed by atoms with Crippen molar-refractivity contribution in [3.63, 3.8) is 0 Å². The van der Waals surface area contributed by atoms with Crippen molar-refractivity contribution in [2.45, 2.75) is 58.3 Å². The Kier molecular flexibility index (Phi) is 5.14. The van der Waals surface area contributed by atoms with E-state index in [0.717, 1.165) is 28.9 Å². The predicted octanol–water partition coefficient (Wildman–Crippen LogP) is 6.30. The quantitative estimate of drug-likeness (QED) is 0.635. The summed E-state index contributed by atoms with van der Waals surface area (Å²) in [5.41, 5.74) is 6.51. The molecule has 0 saturated heterocycles. The number of fused-ring (bicyclic) bond motifs is 1. The van der Waals surface area contributed by atoms with Crippen molar-refractivity contribution in [2.75, 3.05) is 7.11 Å². The summed E-state index contributed by atoms with van der Waals surface area (Å²) < 4.78 is 5.76. The number of hydrogen-bond donors (Lipinski definition) is 1. The van der Waals surface area contributed by atoms with Gasteiger partial charge >= 0.3 is 5.97 Å². The lowest BCUT2D eigenvalue weighted by Crippen LogP contribution is -2.34. The van der Waals surface area contributed by atoms with Crippen LogP contribution in [0.5, 0.6) is 5.75 Å². The third-order valence-corrected chi connectivity index (χ3v) is 6.14. The fraction of sp³-hybridized carbons (Fsp3) is 0.400. The van der Waals surface area contributed by atoms with Gasteiger partial charge in [-0.1, -0.05) is 45.9 Å². The van der Waals surface area contributed by atoms with Gasteiger partial charge in [-0.05, 0) is 77.1 Å². The molecule has 1 N–H and O–H groups in total. The lowest BCUT2D eigenvalue weighted by molar-refractivity contribution is 0.0697. The minimum atomic E-state index is -0.909. The van der Waals surface area contributed by atoms with Gasteiger partial charge in [-0.2, -0.15) is 0 Å². The summed E-state index contributed by atoms with van der Waals surface area (Å²) in [6.45, 7) is 11.3. The second-order valence-corrected chi connectivity index (χ2v) is 9.12. The largest absolute Gasteiger partial charge is 0.496 e. The minimum absolute atomic E-state index is 0.134. The van der Waals surface area contributed by atoms with Gasteiger partial charge in [0.1, 0.15) is 5.75 Å². The molecule has 1 aliphatic carbocycles. The van der Waals surface area contributed by atoms with E-state index in [1.54, 1.807) is 19.2 Å². The number of carboxylic acids is 1. The molecular formula is C25H30O3. The van der Waals surface area contributed by atoms with E-state index in [-0.39, 0.29) is 10.8 Å². The maximum absolute atomic E-state index is 11.1. The molecule has 3 nitrogen and oxygen atoms in total. The molecule has 28 heavy (non-hydrogen) atoms. The number of rotatable bonds is 4. The highest BCUT2D eigenvalue weighted by Crippen LogP contribution is 2.48. The summed E-state index contributed by atoms with van der Waals surface area (Å²) in [4.78, 5) is 11.1. The van der Waals surface area contributed by atoms with Crippen LogP contribution in [0, 0.1) is 0 Å². The monoisotopic (exact) mass is 378 g/mol. The molecule has 0 unspecified atom stereocenters. The van der Waals surface area contributed by atoms with Crippen LogP contribution in [0.1, 0.15) is 80.1 Å². The van der Waals surface area contributed by atoms with E-state index in [1.165, 1.54) is 17.5 Å². The van der Waals surface area contributed by atoms with Crippen molar-refractivity contribution < 1.29 is 14.6 Å². The normalized spacial score (nSPS) is 17.7. The summed E-state index contributed by atoms with van der Waals surface area (Å²) >= 11 is 0. The Morgan fingerprint density at radius 2 is 1.54 bits per heavy atom. The summed E-state index contributed by atoms with van der Waals surface area (Å²) in [6.07, 6.45) is 4.41. The van der Waals surface area contributed by atoms with Gasteiger partial charge in [-0.25, -0.2) is 4.79 Å². The zero-order valence-electron chi connectivity index (χ0n) is 17.7. The van der Waals surface area contributed by atoms with Gasteiger partial charge < -0.3 is 9.84 Å². The second-order valence-electron chi connectivity index (χ2n) is 9.12.